The molecule has 1 aromatic rings. The van der Waals surface area contributed by atoms with Crippen LogP contribution < -0.4 is 15.4 Å². The summed E-state index contributed by atoms with van der Waals surface area (Å²) in [6.07, 6.45) is 5.41. The highest BCUT2D eigenvalue weighted by Crippen LogP contribution is 2.37. The second-order valence-electron chi connectivity index (χ2n) is 10.3. The maximum absolute atomic E-state index is 14.0. The molecular weight excluding hydrogens is 506 g/mol. The highest BCUT2D eigenvalue weighted by Gasteiger charge is 2.55. The molecule has 1 aliphatic carbocycles. The van der Waals surface area contributed by atoms with Gasteiger partial charge in [-0.15, -0.1) is 0 Å². The zero-order chi connectivity index (χ0) is 26.9. The number of nitrogens with one attached hydrogen (secondary N) is 2. The van der Waals surface area contributed by atoms with E-state index in [4.69, 9.17) is 4.74 Å². The van der Waals surface area contributed by atoms with Crippen molar-refractivity contribution in [3.8, 4) is 5.75 Å². The smallest absolute Gasteiger partial charge is 0.245 e. The first-order chi connectivity index (χ1) is 17.5. The molecule has 5 atom stereocenters. The summed E-state index contributed by atoms with van der Waals surface area (Å²) >= 11 is 0. The van der Waals surface area contributed by atoms with E-state index < -0.39 is 51.9 Å². The summed E-state index contributed by atoms with van der Waals surface area (Å²) in [5.74, 6) is -2.60. The maximum Gasteiger partial charge on any atom is 0.245 e. The van der Waals surface area contributed by atoms with E-state index in [1.54, 1.807) is 18.9 Å². The van der Waals surface area contributed by atoms with E-state index in [1.165, 1.54) is 10.4 Å². The number of carbonyl (C=O) groups is 2. The van der Waals surface area contributed by atoms with Gasteiger partial charge < -0.3 is 20.3 Å². The van der Waals surface area contributed by atoms with Crippen molar-refractivity contribution in [3.63, 3.8) is 0 Å². The molecule has 12 heteroatoms. The molecule has 4 rings (SSSR count). The van der Waals surface area contributed by atoms with Crippen molar-refractivity contribution in [2.75, 3.05) is 26.4 Å². The number of halogens is 2. The van der Waals surface area contributed by atoms with Gasteiger partial charge in [-0.05, 0) is 51.3 Å². The van der Waals surface area contributed by atoms with Gasteiger partial charge in [0, 0.05) is 12.6 Å². The van der Waals surface area contributed by atoms with Crippen LogP contribution in [-0.4, -0.2) is 86.1 Å². The first-order valence-electron chi connectivity index (χ1n) is 12.9. The number of hydrogen-bond acceptors (Lipinski definition) is 6. The van der Waals surface area contributed by atoms with Crippen LogP contribution in [0.5, 0.6) is 5.75 Å². The summed E-state index contributed by atoms with van der Waals surface area (Å²) in [6.45, 7) is 2.00. The van der Waals surface area contributed by atoms with Crippen molar-refractivity contribution >= 4 is 21.8 Å². The molecule has 0 aromatic heterocycles. The van der Waals surface area contributed by atoms with Gasteiger partial charge in [0.2, 0.25) is 21.8 Å². The van der Waals surface area contributed by atoms with Crippen LogP contribution in [0.1, 0.15) is 45.4 Å². The average molecular weight is 543 g/mol. The van der Waals surface area contributed by atoms with Crippen molar-refractivity contribution in [2.24, 2.45) is 5.92 Å². The van der Waals surface area contributed by atoms with Crippen LogP contribution >= 0.6 is 0 Å². The van der Waals surface area contributed by atoms with Crippen LogP contribution in [-0.2, 0) is 19.6 Å². The predicted molar refractivity (Wildman–Crippen MR) is 133 cm³/mol. The first-order valence-corrected chi connectivity index (χ1v) is 14.7. The van der Waals surface area contributed by atoms with Gasteiger partial charge in [-0.25, -0.2) is 17.2 Å². The third-order valence-corrected chi connectivity index (χ3v) is 9.20. The summed E-state index contributed by atoms with van der Waals surface area (Å²) in [4.78, 5) is 28.5. The molecule has 2 N–H and O–H groups in total. The van der Waals surface area contributed by atoms with E-state index in [9.17, 15) is 26.8 Å². The molecule has 37 heavy (non-hydrogen) atoms. The predicted octanol–water partition coefficient (Wildman–Crippen LogP) is 1.63. The van der Waals surface area contributed by atoms with Crippen molar-refractivity contribution in [2.45, 2.75) is 75.7 Å². The monoisotopic (exact) mass is 542 g/mol. The Labute approximate surface area is 216 Å². The van der Waals surface area contributed by atoms with E-state index in [2.05, 4.69) is 10.6 Å². The fraction of sp³-hybridized carbons (Fsp3) is 0.680. The third kappa shape index (κ3) is 5.91. The molecule has 0 radical (unpaired) electrons. The first kappa shape index (κ1) is 27.7. The Morgan fingerprint density at radius 2 is 1.81 bits per heavy atom. The summed E-state index contributed by atoms with van der Waals surface area (Å²) in [6, 6.07) is 0.787. The highest BCUT2D eigenvalue weighted by molar-refractivity contribution is 7.88. The number of hydrogen-bond donors (Lipinski definition) is 2. The highest BCUT2D eigenvalue weighted by atomic mass is 32.2. The van der Waals surface area contributed by atoms with Crippen LogP contribution in [0.15, 0.2) is 18.2 Å². The fourth-order valence-corrected chi connectivity index (χ4v) is 7.03. The number of ether oxygens (including phenoxy) is 1. The van der Waals surface area contributed by atoms with Gasteiger partial charge in [-0.2, -0.15) is 4.31 Å². The Kier molecular flexibility index (Phi) is 8.39. The van der Waals surface area contributed by atoms with Crippen LogP contribution in [0.4, 0.5) is 8.78 Å². The van der Waals surface area contributed by atoms with Gasteiger partial charge in [0.15, 0.2) is 11.6 Å². The summed E-state index contributed by atoms with van der Waals surface area (Å²) in [5.41, 5.74) is 0. The van der Waals surface area contributed by atoms with Crippen molar-refractivity contribution in [3.05, 3.63) is 29.8 Å². The van der Waals surface area contributed by atoms with E-state index in [0.29, 0.717) is 13.0 Å². The lowest BCUT2D eigenvalue weighted by molar-refractivity contribution is -0.140. The Morgan fingerprint density at radius 3 is 2.43 bits per heavy atom. The second-order valence-corrected chi connectivity index (χ2v) is 12.3. The lowest BCUT2D eigenvalue weighted by atomic mass is 9.83. The molecule has 3 aliphatic rings. The number of carbonyl (C=O) groups excluding carboxylic acids is 2. The summed E-state index contributed by atoms with van der Waals surface area (Å²) in [5, 5.41) is 5.85. The lowest BCUT2D eigenvalue weighted by Gasteiger charge is -2.36. The van der Waals surface area contributed by atoms with E-state index >= 15 is 0 Å². The van der Waals surface area contributed by atoms with Crippen molar-refractivity contribution in [1.29, 1.82) is 0 Å². The molecule has 1 saturated carbocycles. The number of sulfonamides is 1. The fourth-order valence-electron chi connectivity index (χ4n) is 5.89. The molecule has 2 amide bonds. The number of rotatable bonds is 8. The molecule has 206 valence electrons. The number of likely N-dealkylation sites (tertiary alicyclic amines) is 1. The zero-order valence-corrected chi connectivity index (χ0v) is 22.3. The van der Waals surface area contributed by atoms with Gasteiger partial charge >= 0.3 is 0 Å². The number of benzene rings is 1. The third-order valence-electron chi connectivity index (χ3n) is 7.93. The molecule has 5 unspecified atom stereocenters. The largest absolute Gasteiger partial charge is 0.487 e. The van der Waals surface area contributed by atoms with Gasteiger partial charge in [0.05, 0.1) is 30.9 Å². The molecule has 1 aromatic carbocycles. The summed E-state index contributed by atoms with van der Waals surface area (Å²) < 4.78 is 59.8. The number of fused-ring (bicyclic) bond motifs is 1. The van der Waals surface area contributed by atoms with Crippen LogP contribution in [0.2, 0.25) is 0 Å². The zero-order valence-electron chi connectivity index (χ0n) is 21.5. The Morgan fingerprint density at radius 1 is 1.11 bits per heavy atom. The van der Waals surface area contributed by atoms with Crippen LogP contribution in [0.25, 0.3) is 0 Å². The maximum atomic E-state index is 14.0. The Bertz CT molecular complexity index is 1110. The minimum atomic E-state index is -3.62. The molecule has 3 fully saturated rings. The van der Waals surface area contributed by atoms with Crippen molar-refractivity contribution in [1.82, 2.24) is 19.8 Å². The Balaban J connectivity index is 1.63. The summed E-state index contributed by atoms with van der Waals surface area (Å²) in [7, 11) is -1.95. The van der Waals surface area contributed by atoms with Gasteiger partial charge in [0.1, 0.15) is 17.9 Å². The second kappa shape index (κ2) is 11.2. The van der Waals surface area contributed by atoms with Gasteiger partial charge in [-0.1, -0.05) is 19.3 Å². The topological polar surface area (TPSA) is 108 Å². The SMILES string of the molecule is CNC(C)C(=O)NC(C(=O)N1CCC2C1C(Oc1ccc(F)c(F)c1)CN2S(C)(=O)=O)C1CCCCC1. The lowest BCUT2D eigenvalue weighted by Crippen LogP contribution is -2.58. The number of likely N-dealkylation sites (N-methyl/N-ethyl adjacent to an activating group) is 1. The molecule has 0 spiro atoms. The van der Waals surface area contributed by atoms with Gasteiger partial charge in [0.25, 0.3) is 0 Å². The minimum absolute atomic E-state index is 0.0197. The quantitative estimate of drug-likeness (QED) is 0.517. The number of amides is 2. The molecule has 2 heterocycles. The standard InChI is InChI=1S/C25H36F2N4O5S/c1-15(28-2)24(32)29-22(16-7-5-4-6-8-16)25(33)30-12-11-20-23(30)21(14-31(20)37(3,34)35)36-17-9-10-18(26)19(27)13-17/h9-10,13,15-16,20-23,28H,4-8,11-12,14H2,1-3H3,(H,29,32). The molecular formula is C25H36F2N4O5S. The Hall–Kier alpha value is -2.31. The molecule has 9 nitrogen and oxygen atoms in total. The normalized spacial score (nSPS) is 26.5. The van der Waals surface area contributed by atoms with Crippen LogP contribution in [0.3, 0.4) is 0 Å². The van der Waals surface area contributed by atoms with E-state index in [-0.39, 0.29) is 30.0 Å². The molecule has 2 aliphatic heterocycles. The van der Waals surface area contributed by atoms with Crippen LogP contribution in [0, 0.1) is 17.6 Å². The number of nitrogens with zero attached hydrogens (tertiary/aromatic N) is 2. The van der Waals surface area contributed by atoms with E-state index in [1.807, 2.05) is 0 Å². The molecule has 2 saturated heterocycles. The van der Waals surface area contributed by atoms with Gasteiger partial charge in [-0.3, -0.25) is 9.59 Å². The van der Waals surface area contributed by atoms with E-state index in [0.717, 1.165) is 50.5 Å². The van der Waals surface area contributed by atoms with Crippen molar-refractivity contribution < 1.29 is 31.5 Å². The minimum Gasteiger partial charge on any atom is -0.487 e. The average Bonchev–Trinajstić information content (AvgIpc) is 3.45. The molecule has 0 bridgehead atoms.